The molecule has 2 aromatic rings. The van der Waals surface area contributed by atoms with E-state index in [0.717, 1.165) is 37.1 Å². The Morgan fingerprint density at radius 2 is 1.79 bits per heavy atom. The van der Waals surface area contributed by atoms with Gasteiger partial charge < -0.3 is 15.0 Å². The lowest BCUT2D eigenvalue weighted by Crippen LogP contribution is -2.52. The van der Waals surface area contributed by atoms with Gasteiger partial charge in [0.2, 0.25) is 11.8 Å². The molecule has 3 aliphatic rings. The summed E-state index contributed by atoms with van der Waals surface area (Å²) in [4.78, 5) is 38.3. The quantitative estimate of drug-likeness (QED) is 0.509. The first-order valence-corrected chi connectivity index (χ1v) is 12.3. The van der Waals surface area contributed by atoms with Crippen molar-refractivity contribution in [3.63, 3.8) is 0 Å². The molecule has 1 aliphatic carbocycles. The standard InChI is InChI=1S/C27H31N3O4/c31-25-14-13-23(26(32)29-25)30-17-19-15-20(11-12-21(19)27(30)33)34-24-10-6-2-5-9-22(24)28-16-18-7-3-1-4-8-18/h1,3-4,7-8,11-12,15,22-24,28H,2,5-6,9-10,13-14,16-17H2,(H,29,31,32)/t22-,23?,24-/m1/s1. The normalized spacial score (nSPS) is 25.0. The Kier molecular flexibility index (Phi) is 6.63. The molecule has 0 bridgehead atoms. The van der Waals surface area contributed by atoms with E-state index in [2.05, 4.69) is 34.9 Å². The predicted molar refractivity (Wildman–Crippen MR) is 127 cm³/mol. The topological polar surface area (TPSA) is 87.7 Å². The molecule has 0 aromatic heterocycles. The lowest BCUT2D eigenvalue weighted by Gasteiger charge is -2.29. The molecule has 7 nitrogen and oxygen atoms in total. The summed E-state index contributed by atoms with van der Waals surface area (Å²) in [7, 11) is 0. The van der Waals surface area contributed by atoms with Crippen molar-refractivity contribution in [1.82, 2.24) is 15.5 Å². The largest absolute Gasteiger partial charge is 0.489 e. The van der Waals surface area contributed by atoms with Gasteiger partial charge in [0, 0.05) is 31.1 Å². The molecular weight excluding hydrogens is 430 g/mol. The highest BCUT2D eigenvalue weighted by molar-refractivity contribution is 6.05. The van der Waals surface area contributed by atoms with Crippen LogP contribution in [0, 0.1) is 0 Å². The molecular formula is C27H31N3O4. The number of carbonyl (C=O) groups is 3. The van der Waals surface area contributed by atoms with Crippen LogP contribution >= 0.6 is 0 Å². The second-order valence-electron chi connectivity index (χ2n) is 9.49. The molecule has 0 radical (unpaired) electrons. The fourth-order valence-electron chi connectivity index (χ4n) is 5.29. The number of fused-ring (bicyclic) bond motifs is 1. The van der Waals surface area contributed by atoms with Crippen LogP contribution in [0.25, 0.3) is 0 Å². The molecule has 2 aliphatic heterocycles. The Balaban J connectivity index is 1.27. The number of benzene rings is 2. The minimum Gasteiger partial charge on any atom is -0.489 e. The van der Waals surface area contributed by atoms with E-state index in [-0.39, 0.29) is 36.3 Å². The Labute approximate surface area is 199 Å². The van der Waals surface area contributed by atoms with E-state index in [1.807, 2.05) is 24.3 Å². The molecule has 2 fully saturated rings. The van der Waals surface area contributed by atoms with Gasteiger partial charge in [-0.15, -0.1) is 0 Å². The van der Waals surface area contributed by atoms with Crippen LogP contribution in [0.3, 0.4) is 0 Å². The van der Waals surface area contributed by atoms with Crippen molar-refractivity contribution >= 4 is 17.7 Å². The number of carbonyl (C=O) groups excluding carboxylic acids is 3. The second-order valence-corrected chi connectivity index (χ2v) is 9.49. The number of hydrogen-bond donors (Lipinski definition) is 2. The number of nitrogens with zero attached hydrogens (tertiary/aromatic N) is 1. The van der Waals surface area contributed by atoms with Gasteiger partial charge in [-0.25, -0.2) is 0 Å². The summed E-state index contributed by atoms with van der Waals surface area (Å²) in [5.41, 5.74) is 2.74. The first-order valence-electron chi connectivity index (χ1n) is 12.3. The molecule has 2 aromatic carbocycles. The van der Waals surface area contributed by atoms with E-state index >= 15 is 0 Å². The second kappa shape index (κ2) is 9.97. The number of imide groups is 1. The Morgan fingerprint density at radius 3 is 2.62 bits per heavy atom. The third kappa shape index (κ3) is 4.85. The Bertz CT molecular complexity index is 1070. The number of amides is 3. The van der Waals surface area contributed by atoms with Gasteiger partial charge in [-0.05, 0) is 55.0 Å². The molecule has 2 N–H and O–H groups in total. The third-order valence-corrected chi connectivity index (χ3v) is 7.15. The van der Waals surface area contributed by atoms with Crippen molar-refractivity contribution in [2.75, 3.05) is 0 Å². The third-order valence-electron chi connectivity index (χ3n) is 7.15. The van der Waals surface area contributed by atoms with E-state index < -0.39 is 6.04 Å². The molecule has 178 valence electrons. The number of piperidine rings is 1. The van der Waals surface area contributed by atoms with Gasteiger partial charge in [0.25, 0.3) is 5.91 Å². The SMILES string of the molecule is O=C1CCC(N2Cc3cc(O[C@@H]4CCCCC[C@H]4NCc4ccccc4)ccc3C2=O)C(=O)N1. The van der Waals surface area contributed by atoms with E-state index in [1.54, 1.807) is 4.90 Å². The van der Waals surface area contributed by atoms with Gasteiger partial charge in [0.1, 0.15) is 17.9 Å². The van der Waals surface area contributed by atoms with Crippen LogP contribution < -0.4 is 15.4 Å². The van der Waals surface area contributed by atoms with Gasteiger partial charge in [0.05, 0.1) is 0 Å². The van der Waals surface area contributed by atoms with Crippen molar-refractivity contribution in [1.29, 1.82) is 0 Å². The van der Waals surface area contributed by atoms with Gasteiger partial charge >= 0.3 is 0 Å². The highest BCUT2D eigenvalue weighted by Gasteiger charge is 2.39. The molecule has 1 unspecified atom stereocenters. The Morgan fingerprint density at radius 1 is 0.971 bits per heavy atom. The minimum atomic E-state index is -0.601. The first-order chi connectivity index (χ1) is 16.6. The number of nitrogens with one attached hydrogen (secondary N) is 2. The molecule has 1 saturated heterocycles. The highest BCUT2D eigenvalue weighted by Crippen LogP contribution is 2.31. The summed E-state index contributed by atoms with van der Waals surface area (Å²) in [6.45, 7) is 1.17. The van der Waals surface area contributed by atoms with Crippen LogP contribution in [0.15, 0.2) is 48.5 Å². The molecule has 7 heteroatoms. The van der Waals surface area contributed by atoms with Crippen LogP contribution in [0.2, 0.25) is 0 Å². The molecule has 1 saturated carbocycles. The van der Waals surface area contributed by atoms with E-state index in [1.165, 1.54) is 18.4 Å². The van der Waals surface area contributed by atoms with Gasteiger partial charge in [-0.3, -0.25) is 19.7 Å². The monoisotopic (exact) mass is 461 g/mol. The summed E-state index contributed by atoms with van der Waals surface area (Å²) in [5.74, 6) is -0.0670. The smallest absolute Gasteiger partial charge is 0.255 e. The fraction of sp³-hybridized carbons (Fsp3) is 0.444. The van der Waals surface area contributed by atoms with Crippen LogP contribution in [-0.2, 0) is 22.7 Å². The van der Waals surface area contributed by atoms with Crippen LogP contribution in [-0.4, -0.2) is 40.8 Å². The van der Waals surface area contributed by atoms with Crippen molar-refractivity contribution in [2.24, 2.45) is 0 Å². The molecule has 0 spiro atoms. The first kappa shape index (κ1) is 22.6. The molecule has 2 heterocycles. The van der Waals surface area contributed by atoms with Crippen LogP contribution in [0.4, 0.5) is 0 Å². The van der Waals surface area contributed by atoms with E-state index in [0.29, 0.717) is 18.5 Å². The Hall–Kier alpha value is -3.19. The molecule has 3 amide bonds. The lowest BCUT2D eigenvalue weighted by atomic mass is 10.0. The number of rotatable bonds is 6. The molecule has 3 atom stereocenters. The fourth-order valence-corrected chi connectivity index (χ4v) is 5.29. The number of ether oxygens (including phenoxy) is 1. The van der Waals surface area contributed by atoms with Gasteiger partial charge in [-0.1, -0.05) is 43.2 Å². The average Bonchev–Trinajstić information content (AvgIpc) is 3.00. The summed E-state index contributed by atoms with van der Waals surface area (Å²) < 4.78 is 6.50. The van der Waals surface area contributed by atoms with Gasteiger partial charge in [0.15, 0.2) is 0 Å². The van der Waals surface area contributed by atoms with Crippen molar-refractivity contribution < 1.29 is 19.1 Å². The maximum atomic E-state index is 13.0. The van der Waals surface area contributed by atoms with E-state index in [9.17, 15) is 14.4 Å². The number of hydrogen-bond acceptors (Lipinski definition) is 5. The van der Waals surface area contributed by atoms with Crippen molar-refractivity contribution in [3.8, 4) is 5.75 Å². The predicted octanol–water partition coefficient (Wildman–Crippen LogP) is 3.32. The summed E-state index contributed by atoms with van der Waals surface area (Å²) in [6.07, 6.45) is 6.28. The zero-order valence-electron chi connectivity index (χ0n) is 19.3. The summed E-state index contributed by atoms with van der Waals surface area (Å²) >= 11 is 0. The van der Waals surface area contributed by atoms with Crippen molar-refractivity contribution in [3.05, 3.63) is 65.2 Å². The summed E-state index contributed by atoms with van der Waals surface area (Å²) in [6, 6.07) is 15.7. The van der Waals surface area contributed by atoms with Crippen molar-refractivity contribution in [2.45, 2.75) is 76.2 Å². The lowest BCUT2D eigenvalue weighted by molar-refractivity contribution is -0.136. The molecule has 34 heavy (non-hydrogen) atoms. The van der Waals surface area contributed by atoms with Gasteiger partial charge in [-0.2, -0.15) is 0 Å². The minimum absolute atomic E-state index is 0.0626. The average molecular weight is 462 g/mol. The maximum Gasteiger partial charge on any atom is 0.255 e. The zero-order valence-corrected chi connectivity index (χ0v) is 19.3. The maximum absolute atomic E-state index is 13.0. The highest BCUT2D eigenvalue weighted by atomic mass is 16.5. The summed E-state index contributed by atoms with van der Waals surface area (Å²) in [5, 5.41) is 6.06. The van der Waals surface area contributed by atoms with E-state index in [4.69, 9.17) is 4.74 Å². The van der Waals surface area contributed by atoms with Crippen LogP contribution in [0.1, 0.15) is 66.4 Å². The molecule has 5 rings (SSSR count). The zero-order chi connectivity index (χ0) is 23.5. The van der Waals surface area contributed by atoms with Crippen LogP contribution in [0.5, 0.6) is 5.75 Å².